The smallest absolute Gasteiger partial charge is 0.329 e. The second kappa shape index (κ2) is 10.3. The average Bonchev–Trinajstić information content (AvgIpc) is 3.52. The first kappa shape index (κ1) is 26.1. The van der Waals surface area contributed by atoms with Crippen LogP contribution in [0.15, 0.2) is 59.5 Å². The van der Waals surface area contributed by atoms with Crippen molar-refractivity contribution >= 4 is 33.9 Å². The van der Waals surface area contributed by atoms with Crippen molar-refractivity contribution in [1.29, 1.82) is 0 Å². The van der Waals surface area contributed by atoms with Crippen LogP contribution in [0.2, 0.25) is 0 Å². The van der Waals surface area contributed by atoms with Gasteiger partial charge in [0.05, 0.1) is 16.7 Å². The van der Waals surface area contributed by atoms with Gasteiger partial charge in [-0.05, 0) is 73.7 Å². The van der Waals surface area contributed by atoms with Crippen molar-refractivity contribution in [2.45, 2.75) is 44.2 Å². The van der Waals surface area contributed by atoms with Crippen LogP contribution in [0, 0.1) is 0 Å². The van der Waals surface area contributed by atoms with Crippen LogP contribution >= 0.6 is 0 Å². The van der Waals surface area contributed by atoms with Crippen LogP contribution in [0.3, 0.4) is 0 Å². The van der Waals surface area contributed by atoms with Crippen molar-refractivity contribution in [3.63, 3.8) is 0 Å². The van der Waals surface area contributed by atoms with E-state index in [1.165, 1.54) is 10.1 Å². The Morgan fingerprint density at radius 1 is 1.00 bits per heavy atom. The molecule has 0 aliphatic carbocycles. The van der Waals surface area contributed by atoms with Crippen molar-refractivity contribution in [3.8, 4) is 17.0 Å². The Hall–Kier alpha value is -4.77. The van der Waals surface area contributed by atoms with Gasteiger partial charge in [-0.25, -0.2) is 4.79 Å². The number of para-hydroxylation sites is 2. The van der Waals surface area contributed by atoms with Gasteiger partial charge >= 0.3 is 5.69 Å². The Balaban J connectivity index is 1.11. The van der Waals surface area contributed by atoms with Gasteiger partial charge in [-0.15, -0.1) is 10.2 Å². The van der Waals surface area contributed by atoms with Gasteiger partial charge in [0.25, 0.3) is 0 Å². The van der Waals surface area contributed by atoms with Crippen molar-refractivity contribution in [3.05, 3.63) is 76.3 Å². The number of hydrogen-bond donors (Lipinski definition) is 3. The Labute approximate surface area is 240 Å². The number of imide groups is 1. The van der Waals surface area contributed by atoms with Crippen LogP contribution < -0.4 is 11.0 Å². The normalized spacial score (nSPS) is 18.6. The van der Waals surface area contributed by atoms with E-state index in [-0.39, 0.29) is 23.8 Å². The van der Waals surface area contributed by atoms with E-state index in [0.29, 0.717) is 35.7 Å². The predicted molar refractivity (Wildman–Crippen MR) is 157 cm³/mol. The van der Waals surface area contributed by atoms with Crippen LogP contribution in [-0.4, -0.2) is 59.2 Å². The van der Waals surface area contributed by atoms with Crippen LogP contribution in [0.5, 0.6) is 5.75 Å². The van der Waals surface area contributed by atoms with Crippen LogP contribution in [-0.2, 0) is 23.2 Å². The van der Waals surface area contributed by atoms with Gasteiger partial charge in [-0.2, -0.15) is 0 Å². The zero-order valence-electron chi connectivity index (χ0n) is 23.2. The molecule has 7 rings (SSSR count). The number of benzene rings is 2. The van der Waals surface area contributed by atoms with Crippen molar-refractivity contribution < 1.29 is 14.7 Å². The summed E-state index contributed by atoms with van der Waals surface area (Å²) < 4.78 is 3.16. The number of carbonyl (C=O) groups excluding carboxylic acids is 2. The van der Waals surface area contributed by atoms with Gasteiger partial charge in [-0.3, -0.25) is 28.9 Å². The van der Waals surface area contributed by atoms with Crippen molar-refractivity contribution in [1.82, 2.24) is 34.5 Å². The lowest BCUT2D eigenvalue weighted by Crippen LogP contribution is -2.44. The zero-order chi connectivity index (χ0) is 29.0. The summed E-state index contributed by atoms with van der Waals surface area (Å²) in [5.41, 5.74) is 5.56. The fourth-order valence-electron chi connectivity index (χ4n) is 6.62. The topological polar surface area (TPSA) is 138 Å². The van der Waals surface area contributed by atoms with Gasteiger partial charge in [-0.1, -0.05) is 24.3 Å². The molecule has 0 radical (unpaired) electrons. The van der Waals surface area contributed by atoms with E-state index < -0.39 is 11.9 Å². The summed E-state index contributed by atoms with van der Waals surface area (Å²) in [6.45, 7) is 2.47. The number of imidazole rings is 1. The molecule has 11 heteroatoms. The number of aryl methyl sites for hydroxylation is 1. The molecule has 5 heterocycles. The van der Waals surface area contributed by atoms with E-state index in [1.54, 1.807) is 23.7 Å². The maximum Gasteiger partial charge on any atom is 0.329 e. The molecule has 2 aliphatic heterocycles. The fraction of sp³-hybridized carbons (Fsp3) is 0.323. The summed E-state index contributed by atoms with van der Waals surface area (Å²) in [5, 5.41) is 22.4. The summed E-state index contributed by atoms with van der Waals surface area (Å²) >= 11 is 0. The first-order valence-corrected chi connectivity index (χ1v) is 14.3. The molecule has 2 amide bonds. The fourth-order valence-corrected chi connectivity index (χ4v) is 6.62. The van der Waals surface area contributed by atoms with Gasteiger partial charge in [0.15, 0.2) is 5.65 Å². The van der Waals surface area contributed by atoms with Crippen molar-refractivity contribution in [2.24, 2.45) is 7.05 Å². The highest BCUT2D eigenvalue weighted by molar-refractivity contribution is 6.00. The summed E-state index contributed by atoms with van der Waals surface area (Å²) in [6, 6.07) is 14.3. The molecule has 2 saturated heterocycles. The molecule has 3 N–H and O–H groups in total. The molecular formula is C31H31N7O4. The molecule has 42 heavy (non-hydrogen) atoms. The molecule has 0 saturated carbocycles. The number of aromatic nitrogens is 5. The van der Waals surface area contributed by atoms with Crippen LogP contribution in [0.1, 0.15) is 48.8 Å². The van der Waals surface area contributed by atoms with Gasteiger partial charge in [0.1, 0.15) is 11.8 Å². The number of nitrogens with one attached hydrogen (secondary N) is 2. The molecule has 2 aliphatic rings. The first-order valence-electron chi connectivity index (χ1n) is 14.3. The molecule has 214 valence electrons. The Bertz CT molecular complexity index is 1910. The lowest BCUT2D eigenvalue weighted by Gasteiger charge is -2.32. The van der Waals surface area contributed by atoms with E-state index in [1.807, 2.05) is 42.6 Å². The molecular weight excluding hydrogens is 534 g/mol. The lowest BCUT2D eigenvalue weighted by atomic mass is 9.89. The first-order chi connectivity index (χ1) is 20.4. The molecule has 11 nitrogen and oxygen atoms in total. The van der Waals surface area contributed by atoms with Gasteiger partial charge in [0, 0.05) is 37.2 Å². The number of piperidine rings is 2. The predicted octanol–water partition coefficient (Wildman–Crippen LogP) is 3.34. The number of amides is 2. The van der Waals surface area contributed by atoms with E-state index in [2.05, 4.69) is 25.4 Å². The minimum Gasteiger partial charge on any atom is -0.507 e. The number of phenols is 1. The largest absolute Gasteiger partial charge is 0.507 e. The minimum atomic E-state index is -0.697. The third kappa shape index (κ3) is 4.37. The van der Waals surface area contributed by atoms with E-state index in [9.17, 15) is 19.5 Å². The Morgan fingerprint density at radius 3 is 2.60 bits per heavy atom. The third-order valence-corrected chi connectivity index (χ3v) is 8.78. The summed E-state index contributed by atoms with van der Waals surface area (Å²) in [5.74, 6) is -0.198. The van der Waals surface area contributed by atoms with Gasteiger partial charge < -0.3 is 10.1 Å². The quantitative estimate of drug-likeness (QED) is 0.278. The molecule has 0 bridgehead atoms. The standard InChI is InChI=1S/C31H31N7O4/c1-36-28-19(5-4-7-24(28)38(31(36)42)25-9-10-27(40)33-30(25)41)17-37-13-11-18(12-14-37)22-16-32-29-21(22)15-23(34-35-29)20-6-2-3-8-26(20)39/h2-8,15-16,18,25,39H,9-14,17H2,1H3,(H,32,35)(H,33,40,41). The Kier molecular flexibility index (Phi) is 6.38. The maximum absolute atomic E-state index is 13.3. The highest BCUT2D eigenvalue weighted by Gasteiger charge is 2.32. The molecule has 3 aromatic heterocycles. The number of phenolic OH excluding ortho intramolecular Hbond substituents is 1. The highest BCUT2D eigenvalue weighted by atomic mass is 16.3. The van der Waals surface area contributed by atoms with Crippen LogP contribution in [0.25, 0.3) is 33.3 Å². The number of carbonyl (C=O) groups is 2. The Morgan fingerprint density at radius 2 is 1.81 bits per heavy atom. The number of aromatic hydroxyl groups is 1. The van der Waals surface area contributed by atoms with Gasteiger partial charge in [0.2, 0.25) is 11.8 Å². The van der Waals surface area contributed by atoms with E-state index >= 15 is 0 Å². The lowest BCUT2D eigenvalue weighted by molar-refractivity contribution is -0.135. The molecule has 0 spiro atoms. The SMILES string of the molecule is Cn1c(=O)n(C2CCC(=O)NC2=O)c2cccc(CN3CCC(c4c[nH]c5nnc(-c6ccccc6O)cc45)CC3)c21. The summed E-state index contributed by atoms with van der Waals surface area (Å²) in [4.78, 5) is 43.2. The maximum atomic E-state index is 13.3. The van der Waals surface area contributed by atoms with Crippen molar-refractivity contribution in [2.75, 3.05) is 13.1 Å². The molecule has 1 atom stereocenters. The third-order valence-electron chi connectivity index (χ3n) is 8.78. The van der Waals surface area contributed by atoms with Crippen LogP contribution in [0.4, 0.5) is 0 Å². The monoisotopic (exact) mass is 565 g/mol. The number of likely N-dealkylation sites (tertiary alicyclic amines) is 1. The van der Waals surface area contributed by atoms with E-state index in [0.717, 1.165) is 48.0 Å². The van der Waals surface area contributed by atoms with E-state index in [4.69, 9.17) is 0 Å². The second-order valence-corrected chi connectivity index (χ2v) is 11.3. The molecule has 5 aromatic rings. The second-order valence-electron chi connectivity index (χ2n) is 11.3. The molecule has 2 aromatic carbocycles. The number of hydrogen-bond acceptors (Lipinski definition) is 7. The molecule has 1 unspecified atom stereocenters. The number of aromatic amines is 1. The summed E-state index contributed by atoms with van der Waals surface area (Å²) in [6.07, 6.45) is 4.49. The number of rotatable bonds is 5. The summed E-state index contributed by atoms with van der Waals surface area (Å²) in [7, 11) is 1.74. The average molecular weight is 566 g/mol. The zero-order valence-corrected chi connectivity index (χ0v) is 23.2. The minimum absolute atomic E-state index is 0.177. The highest BCUT2D eigenvalue weighted by Crippen LogP contribution is 2.36. The number of nitrogens with zero attached hydrogens (tertiary/aromatic N) is 5. The molecule has 2 fully saturated rings. The number of fused-ring (bicyclic) bond motifs is 2. The number of H-pyrrole nitrogens is 1.